The van der Waals surface area contributed by atoms with Crippen molar-refractivity contribution in [3.63, 3.8) is 0 Å². The summed E-state index contributed by atoms with van der Waals surface area (Å²) in [6.45, 7) is 0.204. The fourth-order valence-electron chi connectivity index (χ4n) is 2.22. The number of benzene rings is 1. The van der Waals surface area contributed by atoms with Gasteiger partial charge in [0.2, 0.25) is 0 Å². The van der Waals surface area contributed by atoms with Gasteiger partial charge in [-0.15, -0.1) is 11.3 Å². The molecule has 0 aliphatic heterocycles. The van der Waals surface area contributed by atoms with Crippen molar-refractivity contribution in [3.05, 3.63) is 64.8 Å². The summed E-state index contributed by atoms with van der Waals surface area (Å²) in [6, 6.07) is 12.6. The first kappa shape index (κ1) is 12.3. The van der Waals surface area contributed by atoms with Crippen molar-refractivity contribution in [1.29, 1.82) is 0 Å². The molecule has 0 unspecified atom stereocenters. The summed E-state index contributed by atoms with van der Waals surface area (Å²) < 4.78 is 1.28. The molecule has 0 amide bonds. The quantitative estimate of drug-likeness (QED) is 0.787. The Labute approximate surface area is 116 Å². The van der Waals surface area contributed by atoms with E-state index < -0.39 is 0 Å². The third-order valence-corrected chi connectivity index (χ3v) is 4.22. The summed E-state index contributed by atoms with van der Waals surface area (Å²) in [4.78, 5) is 4.50. The van der Waals surface area contributed by atoms with Crippen LogP contribution in [0.25, 0.3) is 10.1 Å². The molecule has 2 aromatic heterocycles. The van der Waals surface area contributed by atoms with Gasteiger partial charge in [0.1, 0.15) is 0 Å². The predicted octanol–water partition coefficient (Wildman–Crippen LogP) is 3.42. The first-order valence-electron chi connectivity index (χ1n) is 6.36. The number of thiophene rings is 1. The van der Waals surface area contributed by atoms with Gasteiger partial charge in [-0.25, -0.2) is 0 Å². The maximum atomic E-state index is 8.91. The van der Waals surface area contributed by atoms with Gasteiger partial charge in [0.15, 0.2) is 0 Å². The molecular formula is C16H15NOS. The Bertz CT molecular complexity index is 673. The van der Waals surface area contributed by atoms with Crippen molar-refractivity contribution in [3.8, 4) is 0 Å². The molecule has 1 N–H and O–H groups in total. The monoisotopic (exact) mass is 269 g/mol. The van der Waals surface area contributed by atoms with Crippen LogP contribution in [-0.2, 0) is 12.8 Å². The van der Waals surface area contributed by atoms with Gasteiger partial charge in [-0.2, -0.15) is 0 Å². The van der Waals surface area contributed by atoms with Gasteiger partial charge in [0.05, 0.1) is 10.4 Å². The minimum Gasteiger partial charge on any atom is -0.396 e. The SMILES string of the molecule is OCCc1ccc(Cc2nccc3ccsc23)cc1. The summed E-state index contributed by atoms with van der Waals surface area (Å²) in [7, 11) is 0. The predicted molar refractivity (Wildman–Crippen MR) is 79.7 cm³/mol. The van der Waals surface area contributed by atoms with Gasteiger partial charge >= 0.3 is 0 Å². The molecule has 96 valence electrons. The van der Waals surface area contributed by atoms with Crippen LogP contribution in [0.4, 0.5) is 0 Å². The van der Waals surface area contributed by atoms with Gasteiger partial charge in [-0.1, -0.05) is 24.3 Å². The molecule has 1 aromatic carbocycles. The highest BCUT2D eigenvalue weighted by atomic mass is 32.1. The third kappa shape index (κ3) is 2.67. The smallest absolute Gasteiger partial charge is 0.0625 e. The van der Waals surface area contributed by atoms with Crippen molar-refractivity contribution in [2.45, 2.75) is 12.8 Å². The number of nitrogens with zero attached hydrogens (tertiary/aromatic N) is 1. The van der Waals surface area contributed by atoms with E-state index in [1.54, 1.807) is 11.3 Å². The number of hydrogen-bond donors (Lipinski definition) is 1. The Hall–Kier alpha value is -1.71. The van der Waals surface area contributed by atoms with Crippen LogP contribution in [0, 0.1) is 0 Å². The fraction of sp³-hybridized carbons (Fsp3) is 0.188. The third-order valence-electron chi connectivity index (χ3n) is 3.24. The summed E-state index contributed by atoms with van der Waals surface area (Å²) in [5.41, 5.74) is 3.58. The highest BCUT2D eigenvalue weighted by Crippen LogP contribution is 2.24. The number of pyridine rings is 1. The lowest BCUT2D eigenvalue weighted by Crippen LogP contribution is -1.94. The molecule has 0 saturated heterocycles. The fourth-order valence-corrected chi connectivity index (χ4v) is 3.11. The highest BCUT2D eigenvalue weighted by Gasteiger charge is 2.05. The molecule has 0 saturated carbocycles. The van der Waals surface area contributed by atoms with E-state index in [0.29, 0.717) is 0 Å². The van der Waals surface area contributed by atoms with Crippen molar-refractivity contribution in [2.24, 2.45) is 0 Å². The topological polar surface area (TPSA) is 33.1 Å². The van der Waals surface area contributed by atoms with E-state index >= 15 is 0 Å². The Morgan fingerprint density at radius 1 is 1.00 bits per heavy atom. The zero-order valence-electron chi connectivity index (χ0n) is 10.5. The van der Waals surface area contributed by atoms with E-state index in [2.05, 4.69) is 46.8 Å². The van der Waals surface area contributed by atoms with Gasteiger partial charge in [0, 0.05) is 19.2 Å². The lowest BCUT2D eigenvalue weighted by Gasteiger charge is -2.04. The number of fused-ring (bicyclic) bond motifs is 1. The Balaban J connectivity index is 1.86. The molecule has 3 aromatic rings. The maximum Gasteiger partial charge on any atom is 0.0625 e. The molecule has 2 nitrogen and oxygen atoms in total. The van der Waals surface area contributed by atoms with Crippen LogP contribution in [0.3, 0.4) is 0 Å². The lowest BCUT2D eigenvalue weighted by molar-refractivity contribution is 0.299. The molecule has 0 spiro atoms. The van der Waals surface area contributed by atoms with E-state index in [4.69, 9.17) is 5.11 Å². The lowest BCUT2D eigenvalue weighted by atomic mass is 10.1. The minimum absolute atomic E-state index is 0.204. The molecule has 0 atom stereocenters. The maximum absolute atomic E-state index is 8.91. The van der Waals surface area contributed by atoms with Crippen LogP contribution < -0.4 is 0 Å². The van der Waals surface area contributed by atoms with Gasteiger partial charge in [-0.3, -0.25) is 4.98 Å². The molecule has 3 heteroatoms. The van der Waals surface area contributed by atoms with E-state index in [1.807, 2.05) is 6.20 Å². The Morgan fingerprint density at radius 2 is 1.79 bits per heavy atom. The van der Waals surface area contributed by atoms with Gasteiger partial charge < -0.3 is 5.11 Å². The van der Waals surface area contributed by atoms with Crippen LogP contribution in [0.15, 0.2) is 48.0 Å². The van der Waals surface area contributed by atoms with Crippen LogP contribution in [0.2, 0.25) is 0 Å². The van der Waals surface area contributed by atoms with Gasteiger partial charge in [-0.05, 0) is 40.4 Å². The first-order chi connectivity index (χ1) is 9.36. The molecule has 0 bridgehead atoms. The van der Waals surface area contributed by atoms with Crippen molar-refractivity contribution >= 4 is 21.4 Å². The molecule has 0 fully saturated rings. The number of rotatable bonds is 4. The standard InChI is InChI=1S/C16H15NOS/c18-9-6-12-1-3-13(4-2-12)11-15-16-14(5-8-17-15)7-10-19-16/h1-5,7-8,10,18H,6,9,11H2. The zero-order valence-corrected chi connectivity index (χ0v) is 11.4. The van der Waals surface area contributed by atoms with Crippen LogP contribution in [0.1, 0.15) is 16.8 Å². The highest BCUT2D eigenvalue weighted by molar-refractivity contribution is 7.17. The normalized spacial score (nSPS) is 11.0. The Morgan fingerprint density at radius 3 is 2.58 bits per heavy atom. The molecule has 0 aliphatic rings. The second-order valence-corrected chi connectivity index (χ2v) is 5.48. The molecule has 0 aliphatic carbocycles. The van der Waals surface area contributed by atoms with E-state index in [0.717, 1.165) is 18.5 Å². The average molecular weight is 269 g/mol. The van der Waals surface area contributed by atoms with E-state index in [-0.39, 0.29) is 6.61 Å². The van der Waals surface area contributed by atoms with E-state index in [1.165, 1.54) is 21.2 Å². The first-order valence-corrected chi connectivity index (χ1v) is 7.24. The summed E-state index contributed by atoms with van der Waals surface area (Å²) >= 11 is 1.75. The number of aromatic nitrogens is 1. The average Bonchev–Trinajstić information content (AvgIpc) is 2.91. The van der Waals surface area contributed by atoms with Crippen molar-refractivity contribution in [1.82, 2.24) is 4.98 Å². The summed E-state index contributed by atoms with van der Waals surface area (Å²) in [5, 5.41) is 12.3. The van der Waals surface area contributed by atoms with E-state index in [9.17, 15) is 0 Å². The van der Waals surface area contributed by atoms with Crippen LogP contribution in [0.5, 0.6) is 0 Å². The molecular weight excluding hydrogens is 254 g/mol. The number of aliphatic hydroxyl groups is 1. The van der Waals surface area contributed by atoms with Gasteiger partial charge in [0.25, 0.3) is 0 Å². The summed E-state index contributed by atoms with van der Waals surface area (Å²) in [6.07, 6.45) is 3.46. The van der Waals surface area contributed by atoms with Crippen molar-refractivity contribution < 1.29 is 5.11 Å². The zero-order chi connectivity index (χ0) is 13.1. The van der Waals surface area contributed by atoms with Crippen LogP contribution in [-0.4, -0.2) is 16.7 Å². The minimum atomic E-state index is 0.204. The Kier molecular flexibility index (Phi) is 3.58. The molecule has 19 heavy (non-hydrogen) atoms. The van der Waals surface area contributed by atoms with Crippen LogP contribution >= 0.6 is 11.3 Å². The summed E-state index contributed by atoms with van der Waals surface area (Å²) in [5.74, 6) is 0. The largest absolute Gasteiger partial charge is 0.396 e. The number of aliphatic hydroxyl groups excluding tert-OH is 1. The second-order valence-electron chi connectivity index (χ2n) is 4.56. The number of hydrogen-bond acceptors (Lipinski definition) is 3. The molecule has 3 rings (SSSR count). The molecule has 2 heterocycles. The second kappa shape index (κ2) is 5.51. The molecule has 0 radical (unpaired) electrons. The van der Waals surface area contributed by atoms with Crippen molar-refractivity contribution in [2.75, 3.05) is 6.61 Å².